The van der Waals surface area contributed by atoms with Crippen LogP contribution in [0.3, 0.4) is 0 Å². The molecule has 0 bridgehead atoms. The van der Waals surface area contributed by atoms with Crippen LogP contribution in [0.25, 0.3) is 0 Å². The Morgan fingerprint density at radius 1 is 1.07 bits per heavy atom. The largest absolute Gasteiger partial charge is 0.352 e. The number of carbonyl (C=O) groups is 2. The Balaban J connectivity index is 1.45. The molecule has 3 rings (SSSR count). The van der Waals surface area contributed by atoms with Gasteiger partial charge in [-0.2, -0.15) is 0 Å². The minimum absolute atomic E-state index is 0.0725. The summed E-state index contributed by atoms with van der Waals surface area (Å²) in [7, 11) is 0. The molecule has 2 aromatic heterocycles. The van der Waals surface area contributed by atoms with Crippen LogP contribution in [0.1, 0.15) is 28.0 Å². The van der Waals surface area contributed by atoms with Gasteiger partial charge in [0, 0.05) is 36.3 Å². The second-order valence-corrected chi connectivity index (χ2v) is 6.60. The van der Waals surface area contributed by atoms with Gasteiger partial charge in [0.2, 0.25) is 5.91 Å². The highest BCUT2D eigenvalue weighted by Gasteiger charge is 2.10. The van der Waals surface area contributed by atoms with E-state index in [0.29, 0.717) is 30.1 Å². The summed E-state index contributed by atoms with van der Waals surface area (Å²) in [6.45, 7) is 0.456. The number of aryl methyl sites for hydroxylation is 1. The number of anilines is 1. The summed E-state index contributed by atoms with van der Waals surface area (Å²) in [5, 5.41) is 7.76. The van der Waals surface area contributed by atoms with Crippen LogP contribution in [0.2, 0.25) is 0 Å². The van der Waals surface area contributed by atoms with E-state index in [4.69, 9.17) is 0 Å². The summed E-state index contributed by atoms with van der Waals surface area (Å²) in [6, 6.07) is 8.96. The van der Waals surface area contributed by atoms with Crippen molar-refractivity contribution in [2.45, 2.75) is 19.4 Å². The molecular formula is C19H17FN4O2S. The van der Waals surface area contributed by atoms with Crippen LogP contribution >= 0.6 is 11.3 Å². The van der Waals surface area contributed by atoms with Gasteiger partial charge in [0.25, 0.3) is 5.91 Å². The zero-order valence-electron chi connectivity index (χ0n) is 14.3. The topological polar surface area (TPSA) is 84.0 Å². The molecule has 0 spiro atoms. The molecule has 2 heterocycles. The van der Waals surface area contributed by atoms with E-state index in [-0.39, 0.29) is 11.8 Å². The predicted molar refractivity (Wildman–Crippen MR) is 101 cm³/mol. The van der Waals surface area contributed by atoms with E-state index < -0.39 is 5.82 Å². The van der Waals surface area contributed by atoms with Crippen molar-refractivity contribution in [1.82, 2.24) is 15.3 Å². The van der Waals surface area contributed by atoms with E-state index >= 15 is 0 Å². The first kappa shape index (κ1) is 18.7. The van der Waals surface area contributed by atoms with Gasteiger partial charge < -0.3 is 5.32 Å². The van der Waals surface area contributed by atoms with Gasteiger partial charge in [0.1, 0.15) is 5.82 Å². The van der Waals surface area contributed by atoms with Crippen molar-refractivity contribution in [2.75, 3.05) is 5.32 Å². The number of nitrogens with one attached hydrogen (secondary N) is 2. The van der Waals surface area contributed by atoms with Crippen molar-refractivity contribution in [3.05, 3.63) is 76.8 Å². The molecule has 2 amide bonds. The second kappa shape index (κ2) is 9.00. The number of amides is 2. The molecule has 3 aromatic rings. The van der Waals surface area contributed by atoms with E-state index in [0.717, 1.165) is 11.3 Å². The Morgan fingerprint density at radius 2 is 1.81 bits per heavy atom. The van der Waals surface area contributed by atoms with E-state index in [1.54, 1.807) is 17.8 Å². The van der Waals surface area contributed by atoms with Crippen LogP contribution < -0.4 is 10.6 Å². The molecule has 0 atom stereocenters. The highest BCUT2D eigenvalue weighted by Crippen LogP contribution is 2.17. The number of thiazole rings is 1. The van der Waals surface area contributed by atoms with Crippen LogP contribution in [0.5, 0.6) is 0 Å². The van der Waals surface area contributed by atoms with Crippen molar-refractivity contribution in [1.29, 1.82) is 0 Å². The van der Waals surface area contributed by atoms with Gasteiger partial charge in [0.15, 0.2) is 5.13 Å². The average Bonchev–Trinajstić information content (AvgIpc) is 3.13. The number of nitrogens with zero attached hydrogens (tertiary/aromatic N) is 2. The molecule has 138 valence electrons. The maximum absolute atomic E-state index is 12.9. The Hall–Kier alpha value is -3.13. The monoisotopic (exact) mass is 384 g/mol. The molecule has 0 radical (unpaired) electrons. The summed E-state index contributed by atoms with van der Waals surface area (Å²) >= 11 is 1.28. The van der Waals surface area contributed by atoms with Crippen LogP contribution in [0, 0.1) is 5.82 Å². The second-order valence-electron chi connectivity index (χ2n) is 5.74. The van der Waals surface area contributed by atoms with Gasteiger partial charge in [-0.3, -0.25) is 19.9 Å². The number of pyridine rings is 1. The lowest BCUT2D eigenvalue weighted by Crippen LogP contribution is -2.23. The van der Waals surface area contributed by atoms with Crippen LogP contribution in [0.15, 0.2) is 54.2 Å². The molecule has 0 saturated heterocycles. The lowest BCUT2D eigenvalue weighted by atomic mass is 10.2. The molecule has 0 fully saturated rings. The fourth-order valence-corrected chi connectivity index (χ4v) is 3.02. The van der Waals surface area contributed by atoms with Gasteiger partial charge in [-0.15, -0.1) is 11.3 Å². The number of hydrogen-bond donors (Lipinski definition) is 2. The van der Waals surface area contributed by atoms with Crippen molar-refractivity contribution < 1.29 is 14.0 Å². The van der Waals surface area contributed by atoms with Gasteiger partial charge in [0.05, 0.1) is 5.69 Å². The van der Waals surface area contributed by atoms with E-state index in [9.17, 15) is 14.0 Å². The minimum atomic E-state index is -0.398. The van der Waals surface area contributed by atoms with Gasteiger partial charge in [-0.1, -0.05) is 0 Å². The molecule has 2 N–H and O–H groups in total. The first-order valence-electron chi connectivity index (χ1n) is 8.27. The smallest absolute Gasteiger partial charge is 0.257 e. The molecule has 0 unspecified atom stereocenters. The number of benzene rings is 1. The van der Waals surface area contributed by atoms with Crippen molar-refractivity contribution >= 4 is 28.3 Å². The Kier molecular flexibility index (Phi) is 6.22. The maximum Gasteiger partial charge on any atom is 0.257 e. The number of rotatable bonds is 7. The number of aromatic nitrogens is 2. The Labute approximate surface area is 159 Å². The summed E-state index contributed by atoms with van der Waals surface area (Å²) in [5.74, 6) is -0.826. The Bertz CT molecular complexity index is 913. The lowest BCUT2D eigenvalue weighted by Gasteiger charge is -2.04. The zero-order chi connectivity index (χ0) is 19.1. The molecule has 0 aliphatic heterocycles. The van der Waals surface area contributed by atoms with E-state index in [2.05, 4.69) is 20.6 Å². The normalized spacial score (nSPS) is 10.4. The third-order valence-corrected chi connectivity index (χ3v) is 4.53. The molecule has 6 nitrogen and oxygen atoms in total. The van der Waals surface area contributed by atoms with Gasteiger partial charge in [-0.25, -0.2) is 9.37 Å². The molecule has 8 heteroatoms. The van der Waals surface area contributed by atoms with Gasteiger partial charge >= 0.3 is 0 Å². The minimum Gasteiger partial charge on any atom is -0.352 e. The molecule has 1 aromatic carbocycles. The summed E-state index contributed by atoms with van der Waals surface area (Å²) in [5.41, 5.74) is 2.06. The fraction of sp³-hybridized carbons (Fsp3) is 0.158. The maximum atomic E-state index is 12.9. The van der Waals surface area contributed by atoms with Crippen LogP contribution in [-0.2, 0) is 17.8 Å². The van der Waals surface area contributed by atoms with Gasteiger partial charge in [-0.05, 0) is 48.4 Å². The summed E-state index contributed by atoms with van der Waals surface area (Å²) in [6.07, 6.45) is 4.14. The molecule has 27 heavy (non-hydrogen) atoms. The van der Waals surface area contributed by atoms with E-state index in [1.165, 1.54) is 35.6 Å². The zero-order valence-corrected chi connectivity index (χ0v) is 15.1. The van der Waals surface area contributed by atoms with Crippen molar-refractivity contribution in [3.8, 4) is 0 Å². The first-order chi connectivity index (χ1) is 13.1. The number of carbonyl (C=O) groups excluding carboxylic acids is 2. The molecule has 0 aliphatic carbocycles. The van der Waals surface area contributed by atoms with Crippen molar-refractivity contribution in [3.63, 3.8) is 0 Å². The predicted octanol–water partition coefficient (Wildman–Crippen LogP) is 3.18. The third kappa shape index (κ3) is 5.68. The number of halogens is 1. The third-order valence-electron chi connectivity index (χ3n) is 3.73. The highest BCUT2D eigenvalue weighted by molar-refractivity contribution is 7.14. The van der Waals surface area contributed by atoms with Crippen LogP contribution in [-0.4, -0.2) is 21.8 Å². The van der Waals surface area contributed by atoms with Crippen molar-refractivity contribution in [2.24, 2.45) is 0 Å². The van der Waals surface area contributed by atoms with E-state index in [1.807, 2.05) is 12.1 Å². The average molecular weight is 384 g/mol. The molecular weight excluding hydrogens is 367 g/mol. The fourth-order valence-electron chi connectivity index (χ4n) is 2.28. The molecule has 0 aliphatic rings. The lowest BCUT2D eigenvalue weighted by molar-refractivity contribution is -0.121. The first-order valence-corrected chi connectivity index (χ1v) is 9.15. The summed E-state index contributed by atoms with van der Waals surface area (Å²) in [4.78, 5) is 32.3. The summed E-state index contributed by atoms with van der Waals surface area (Å²) < 4.78 is 12.9. The Morgan fingerprint density at radius 3 is 2.56 bits per heavy atom. The standard InChI is InChI=1S/C19H17FN4O2S/c20-15-3-1-14(2-4-15)18(26)24-19-23-16(12-27-19)5-6-17(25)22-11-13-7-9-21-10-8-13/h1-4,7-10,12H,5-6,11H2,(H,22,25)(H,23,24,26). The quantitative estimate of drug-likeness (QED) is 0.655. The SMILES string of the molecule is O=C(CCc1csc(NC(=O)c2ccc(F)cc2)n1)NCc1ccncc1. The molecule has 0 saturated carbocycles. The highest BCUT2D eigenvalue weighted by atomic mass is 32.1. The number of hydrogen-bond acceptors (Lipinski definition) is 5. The van der Waals surface area contributed by atoms with Crippen LogP contribution in [0.4, 0.5) is 9.52 Å².